The molecule has 2 aromatic rings. The van der Waals surface area contributed by atoms with Crippen LogP contribution in [0.2, 0.25) is 0 Å². The fraction of sp³-hybridized carbons (Fsp3) is 0.667. The number of anilines is 1. The molecule has 0 spiro atoms. The summed E-state index contributed by atoms with van der Waals surface area (Å²) in [5.74, 6) is 0.545. The van der Waals surface area contributed by atoms with Gasteiger partial charge >= 0.3 is 0 Å². The van der Waals surface area contributed by atoms with Gasteiger partial charge < -0.3 is 5.73 Å². The number of nitrogen functional groups attached to an aromatic ring is 1. The van der Waals surface area contributed by atoms with Crippen molar-refractivity contribution in [3.8, 4) is 0 Å². The van der Waals surface area contributed by atoms with Crippen LogP contribution in [0.1, 0.15) is 78.2 Å². The molecule has 0 radical (unpaired) electrons. The van der Waals surface area contributed by atoms with E-state index in [1.54, 1.807) is 0 Å². The van der Waals surface area contributed by atoms with Gasteiger partial charge in [-0.2, -0.15) is 0 Å². The van der Waals surface area contributed by atoms with Gasteiger partial charge in [0.25, 0.3) is 0 Å². The number of benzene rings is 1. The Morgan fingerprint density at radius 1 is 1.14 bits per heavy atom. The van der Waals surface area contributed by atoms with Crippen LogP contribution in [0.15, 0.2) is 24.5 Å². The zero-order chi connectivity index (χ0) is 20.6. The largest absolute Gasteiger partial charge is 0.383 e. The molecule has 4 nitrogen and oxygen atoms in total. The molecule has 1 unspecified atom stereocenters. The molecule has 0 amide bonds. The van der Waals surface area contributed by atoms with Crippen molar-refractivity contribution >= 4 is 16.7 Å². The summed E-state index contributed by atoms with van der Waals surface area (Å²) < 4.78 is 0. The van der Waals surface area contributed by atoms with E-state index in [1.165, 1.54) is 69.9 Å². The minimum Gasteiger partial charge on any atom is -0.383 e. The SMILES string of the molecule is CC.CCC1(C)CCN(C2CCCCC2)C1.Cc1ccc2ncnc(N)c2c1. The van der Waals surface area contributed by atoms with Crippen LogP contribution in [0.5, 0.6) is 0 Å². The topological polar surface area (TPSA) is 55.0 Å². The normalized spacial score (nSPS) is 22.9. The summed E-state index contributed by atoms with van der Waals surface area (Å²) in [6.07, 6.45) is 11.6. The van der Waals surface area contributed by atoms with Crippen LogP contribution >= 0.6 is 0 Å². The molecule has 1 aliphatic heterocycles. The smallest absolute Gasteiger partial charge is 0.134 e. The first-order valence-electron chi connectivity index (χ1n) is 11.2. The Hall–Kier alpha value is -1.68. The Bertz CT molecular complexity index is 724. The monoisotopic (exact) mass is 384 g/mol. The zero-order valence-corrected chi connectivity index (χ0v) is 18.7. The average molecular weight is 385 g/mol. The first-order chi connectivity index (χ1) is 13.5. The van der Waals surface area contributed by atoms with E-state index >= 15 is 0 Å². The molecular formula is C24H40N4. The number of hydrogen-bond donors (Lipinski definition) is 1. The molecule has 28 heavy (non-hydrogen) atoms. The fourth-order valence-corrected chi connectivity index (χ4v) is 4.30. The van der Waals surface area contributed by atoms with Crippen LogP contribution in [0.3, 0.4) is 0 Å². The molecule has 4 rings (SSSR count). The third kappa shape index (κ3) is 5.91. The quantitative estimate of drug-likeness (QED) is 0.691. The van der Waals surface area contributed by atoms with Gasteiger partial charge in [-0.1, -0.05) is 58.6 Å². The third-order valence-electron chi connectivity index (χ3n) is 6.35. The number of aryl methyl sites for hydroxylation is 1. The van der Waals surface area contributed by atoms with Gasteiger partial charge in [0, 0.05) is 18.0 Å². The van der Waals surface area contributed by atoms with Gasteiger partial charge in [0.2, 0.25) is 0 Å². The van der Waals surface area contributed by atoms with Crippen molar-refractivity contribution < 1.29 is 0 Å². The van der Waals surface area contributed by atoms with Crippen molar-refractivity contribution in [1.29, 1.82) is 0 Å². The lowest BCUT2D eigenvalue weighted by molar-refractivity contribution is 0.168. The maximum atomic E-state index is 5.67. The number of hydrogen-bond acceptors (Lipinski definition) is 4. The number of fused-ring (bicyclic) bond motifs is 1. The van der Waals surface area contributed by atoms with Crippen LogP contribution in [-0.2, 0) is 0 Å². The molecule has 1 aromatic carbocycles. The Morgan fingerprint density at radius 3 is 2.50 bits per heavy atom. The van der Waals surface area contributed by atoms with Crippen molar-refractivity contribution in [2.75, 3.05) is 18.8 Å². The van der Waals surface area contributed by atoms with Gasteiger partial charge in [-0.3, -0.25) is 4.90 Å². The number of rotatable bonds is 2. The van der Waals surface area contributed by atoms with E-state index in [9.17, 15) is 0 Å². The molecule has 1 saturated heterocycles. The highest BCUT2D eigenvalue weighted by Crippen LogP contribution is 2.36. The van der Waals surface area contributed by atoms with Crippen molar-refractivity contribution in [3.05, 3.63) is 30.1 Å². The third-order valence-corrected chi connectivity index (χ3v) is 6.35. The second kappa shape index (κ2) is 10.8. The Morgan fingerprint density at radius 2 is 1.86 bits per heavy atom. The van der Waals surface area contributed by atoms with Crippen LogP contribution < -0.4 is 5.73 Å². The van der Waals surface area contributed by atoms with Gasteiger partial charge in [-0.25, -0.2) is 9.97 Å². The lowest BCUT2D eigenvalue weighted by Crippen LogP contribution is -2.36. The van der Waals surface area contributed by atoms with E-state index < -0.39 is 0 Å². The minimum absolute atomic E-state index is 0.545. The van der Waals surface area contributed by atoms with E-state index in [2.05, 4.69) is 28.7 Å². The van der Waals surface area contributed by atoms with Crippen LogP contribution in [0, 0.1) is 12.3 Å². The highest BCUT2D eigenvalue weighted by molar-refractivity contribution is 5.88. The summed E-state index contributed by atoms with van der Waals surface area (Å²) in [7, 11) is 0. The summed E-state index contributed by atoms with van der Waals surface area (Å²) in [5.41, 5.74) is 8.38. The fourth-order valence-electron chi connectivity index (χ4n) is 4.30. The summed E-state index contributed by atoms with van der Waals surface area (Å²) in [6, 6.07) is 6.89. The first-order valence-corrected chi connectivity index (χ1v) is 11.2. The van der Waals surface area contributed by atoms with E-state index in [0.717, 1.165) is 16.9 Å². The number of nitrogens with zero attached hydrogens (tertiary/aromatic N) is 3. The van der Waals surface area contributed by atoms with Crippen molar-refractivity contribution in [2.45, 2.75) is 85.6 Å². The maximum absolute atomic E-state index is 5.67. The minimum atomic E-state index is 0.545. The number of nitrogens with two attached hydrogens (primary N) is 1. The number of aromatic nitrogens is 2. The van der Waals surface area contributed by atoms with E-state index in [4.69, 9.17) is 5.73 Å². The van der Waals surface area contributed by atoms with Crippen LogP contribution in [-0.4, -0.2) is 34.0 Å². The molecule has 1 aromatic heterocycles. The molecule has 2 fully saturated rings. The lowest BCUT2D eigenvalue weighted by Gasteiger charge is -2.32. The van der Waals surface area contributed by atoms with Gasteiger partial charge in [0.1, 0.15) is 12.1 Å². The predicted octanol–water partition coefficient (Wildman–Crippen LogP) is 5.99. The maximum Gasteiger partial charge on any atom is 0.134 e. The summed E-state index contributed by atoms with van der Waals surface area (Å²) in [4.78, 5) is 10.8. The Balaban J connectivity index is 0.000000186. The molecule has 4 heteroatoms. The van der Waals surface area contributed by atoms with Gasteiger partial charge in [-0.05, 0) is 56.7 Å². The Labute approximate surface area is 171 Å². The Kier molecular flexibility index (Phi) is 8.68. The summed E-state index contributed by atoms with van der Waals surface area (Å²) >= 11 is 0. The summed E-state index contributed by atoms with van der Waals surface area (Å²) in [5, 5.41) is 0.928. The molecule has 1 aliphatic carbocycles. The van der Waals surface area contributed by atoms with E-state index in [1.807, 2.05) is 39.0 Å². The summed E-state index contributed by atoms with van der Waals surface area (Å²) in [6.45, 7) is 13.6. The predicted molar refractivity (Wildman–Crippen MR) is 121 cm³/mol. The number of likely N-dealkylation sites (tertiary alicyclic amines) is 1. The van der Waals surface area contributed by atoms with Gasteiger partial charge in [-0.15, -0.1) is 0 Å². The molecule has 2 heterocycles. The molecule has 156 valence electrons. The molecule has 1 saturated carbocycles. The van der Waals surface area contributed by atoms with Gasteiger partial charge in [0.05, 0.1) is 5.52 Å². The van der Waals surface area contributed by atoms with Crippen molar-refractivity contribution in [1.82, 2.24) is 14.9 Å². The molecule has 2 N–H and O–H groups in total. The molecule has 1 atom stereocenters. The van der Waals surface area contributed by atoms with Crippen molar-refractivity contribution in [3.63, 3.8) is 0 Å². The average Bonchev–Trinajstić information content (AvgIpc) is 3.14. The van der Waals surface area contributed by atoms with Crippen LogP contribution in [0.25, 0.3) is 10.9 Å². The highest BCUT2D eigenvalue weighted by Gasteiger charge is 2.35. The van der Waals surface area contributed by atoms with E-state index in [0.29, 0.717) is 11.2 Å². The molecular weight excluding hydrogens is 344 g/mol. The molecule has 2 aliphatic rings. The van der Waals surface area contributed by atoms with Gasteiger partial charge in [0.15, 0.2) is 0 Å². The second-order valence-corrected chi connectivity index (χ2v) is 8.46. The standard InChI is InChI=1S/C13H25N.C9H9N3.C2H6/c1-3-13(2)9-10-14(11-13)12-7-5-4-6-8-12;1-6-2-3-8-7(4-6)9(10)12-5-11-8;1-2/h12H,3-11H2,1-2H3;2-5H,1H3,(H2,10,11,12);1-2H3. The second-order valence-electron chi connectivity index (χ2n) is 8.46. The van der Waals surface area contributed by atoms with Crippen LogP contribution in [0.4, 0.5) is 5.82 Å². The highest BCUT2D eigenvalue weighted by atomic mass is 15.2. The first kappa shape index (κ1) is 22.6. The van der Waals surface area contributed by atoms with Crippen molar-refractivity contribution in [2.24, 2.45) is 5.41 Å². The zero-order valence-electron chi connectivity index (χ0n) is 18.7. The lowest BCUT2D eigenvalue weighted by atomic mass is 9.87. The molecule has 0 bridgehead atoms. The van der Waals surface area contributed by atoms with E-state index in [-0.39, 0.29) is 0 Å².